The van der Waals surface area contributed by atoms with Crippen LogP contribution in [0.15, 0.2) is 18.2 Å². The Morgan fingerprint density at radius 3 is 2.79 bits per heavy atom. The zero-order chi connectivity index (χ0) is 10.7. The number of carbonyl (C=O) groups is 1. The Morgan fingerprint density at radius 2 is 2.29 bits per heavy atom. The molecule has 1 rings (SSSR count). The molecule has 3 nitrogen and oxygen atoms in total. The van der Waals surface area contributed by atoms with Crippen molar-refractivity contribution in [1.29, 1.82) is 0 Å². The van der Waals surface area contributed by atoms with E-state index in [1.54, 1.807) is 13.0 Å². The third-order valence-electron chi connectivity index (χ3n) is 1.73. The number of hydrogen-bond donors (Lipinski definition) is 2. The first-order chi connectivity index (χ1) is 6.50. The zero-order valence-electron chi connectivity index (χ0n) is 7.55. The number of anilines is 1. The average molecular weight is 217 g/mol. The molecule has 0 heterocycles. The second kappa shape index (κ2) is 4.28. The van der Waals surface area contributed by atoms with Crippen LogP contribution < -0.4 is 11.1 Å². The van der Waals surface area contributed by atoms with Crippen molar-refractivity contribution in [3.05, 3.63) is 29.0 Å². The van der Waals surface area contributed by atoms with Gasteiger partial charge in [0.2, 0.25) is 5.91 Å². The summed E-state index contributed by atoms with van der Waals surface area (Å²) in [6.07, 6.45) is 0. The number of rotatable bonds is 3. The number of nitrogens with one attached hydrogen (secondary N) is 1. The number of benzene rings is 1. The molecular weight excluding hydrogens is 207 g/mol. The van der Waals surface area contributed by atoms with Crippen LogP contribution in [0.5, 0.6) is 0 Å². The molecule has 0 radical (unpaired) electrons. The first kappa shape index (κ1) is 10.8. The SMILES string of the molecule is CC(Nc1ccc(Cl)c(F)c1)C(N)=O. The predicted octanol–water partition coefficient (Wildman–Crippen LogP) is 1.76. The molecule has 0 saturated carbocycles. The van der Waals surface area contributed by atoms with Crippen molar-refractivity contribution in [1.82, 2.24) is 0 Å². The van der Waals surface area contributed by atoms with Crippen LogP contribution in [0.1, 0.15) is 6.92 Å². The second-order valence-electron chi connectivity index (χ2n) is 2.90. The summed E-state index contributed by atoms with van der Waals surface area (Å²) < 4.78 is 12.9. The lowest BCUT2D eigenvalue weighted by Gasteiger charge is -2.11. The number of carbonyl (C=O) groups excluding carboxylic acids is 1. The monoisotopic (exact) mass is 216 g/mol. The molecular formula is C9H10ClFN2O. The van der Waals surface area contributed by atoms with Crippen LogP contribution in [-0.2, 0) is 4.79 Å². The van der Waals surface area contributed by atoms with Gasteiger partial charge in [0.1, 0.15) is 11.9 Å². The van der Waals surface area contributed by atoms with Gasteiger partial charge in [-0.15, -0.1) is 0 Å². The summed E-state index contributed by atoms with van der Waals surface area (Å²) in [5.74, 6) is -1.03. The quantitative estimate of drug-likeness (QED) is 0.809. The first-order valence-electron chi connectivity index (χ1n) is 4.01. The summed E-state index contributed by atoms with van der Waals surface area (Å²) in [4.78, 5) is 10.7. The lowest BCUT2D eigenvalue weighted by Crippen LogP contribution is -2.32. The van der Waals surface area contributed by atoms with Crippen LogP contribution in [0.3, 0.4) is 0 Å². The molecule has 76 valence electrons. The molecule has 0 aliphatic rings. The van der Waals surface area contributed by atoms with Gasteiger partial charge < -0.3 is 11.1 Å². The molecule has 1 amide bonds. The van der Waals surface area contributed by atoms with E-state index < -0.39 is 17.8 Å². The van der Waals surface area contributed by atoms with E-state index in [9.17, 15) is 9.18 Å². The van der Waals surface area contributed by atoms with Crippen LogP contribution in [-0.4, -0.2) is 11.9 Å². The minimum atomic E-state index is -0.546. The van der Waals surface area contributed by atoms with Gasteiger partial charge in [0.05, 0.1) is 5.02 Å². The molecule has 1 unspecified atom stereocenters. The van der Waals surface area contributed by atoms with Crippen LogP contribution in [0.25, 0.3) is 0 Å². The fourth-order valence-corrected chi connectivity index (χ4v) is 1.02. The molecule has 0 bridgehead atoms. The predicted molar refractivity (Wildman–Crippen MR) is 53.7 cm³/mol. The molecule has 1 aromatic carbocycles. The van der Waals surface area contributed by atoms with Crippen LogP contribution in [0, 0.1) is 5.82 Å². The van der Waals surface area contributed by atoms with E-state index in [1.807, 2.05) is 0 Å². The fraction of sp³-hybridized carbons (Fsp3) is 0.222. The normalized spacial score (nSPS) is 12.2. The van der Waals surface area contributed by atoms with Crippen molar-refractivity contribution < 1.29 is 9.18 Å². The Morgan fingerprint density at radius 1 is 1.64 bits per heavy atom. The largest absolute Gasteiger partial charge is 0.374 e. The summed E-state index contributed by atoms with van der Waals surface area (Å²) in [5.41, 5.74) is 5.50. The van der Waals surface area contributed by atoms with Crippen molar-refractivity contribution in [3.63, 3.8) is 0 Å². The maximum atomic E-state index is 12.9. The third-order valence-corrected chi connectivity index (χ3v) is 2.04. The summed E-state index contributed by atoms with van der Waals surface area (Å²) in [7, 11) is 0. The molecule has 0 spiro atoms. The standard InChI is InChI=1S/C9H10ClFN2O/c1-5(9(12)14)13-6-2-3-7(10)8(11)4-6/h2-5,13H,1H3,(H2,12,14). The van der Waals surface area contributed by atoms with Gasteiger partial charge >= 0.3 is 0 Å². The molecule has 0 fully saturated rings. The Balaban J connectivity index is 2.78. The molecule has 1 aromatic rings. The maximum absolute atomic E-state index is 12.9. The maximum Gasteiger partial charge on any atom is 0.239 e. The van der Waals surface area contributed by atoms with Gasteiger partial charge in [-0.1, -0.05) is 11.6 Å². The van der Waals surface area contributed by atoms with Crippen LogP contribution in [0.2, 0.25) is 5.02 Å². The Labute approximate surface area is 86.0 Å². The third kappa shape index (κ3) is 2.60. The highest BCUT2D eigenvalue weighted by Gasteiger charge is 2.08. The van der Waals surface area contributed by atoms with E-state index in [4.69, 9.17) is 17.3 Å². The number of amides is 1. The number of primary amides is 1. The van der Waals surface area contributed by atoms with E-state index in [2.05, 4.69) is 5.32 Å². The van der Waals surface area contributed by atoms with E-state index in [1.165, 1.54) is 12.1 Å². The molecule has 0 aliphatic carbocycles. The second-order valence-corrected chi connectivity index (χ2v) is 3.30. The summed E-state index contributed by atoms with van der Waals surface area (Å²) >= 11 is 5.49. The molecule has 0 aromatic heterocycles. The van der Waals surface area contributed by atoms with Crippen molar-refractivity contribution in [2.45, 2.75) is 13.0 Å². The van der Waals surface area contributed by atoms with Crippen molar-refractivity contribution in [2.75, 3.05) is 5.32 Å². The number of halogens is 2. The molecule has 14 heavy (non-hydrogen) atoms. The Bertz CT molecular complexity index is 357. The van der Waals surface area contributed by atoms with Gasteiger partial charge in [0.15, 0.2) is 0 Å². The highest BCUT2D eigenvalue weighted by Crippen LogP contribution is 2.18. The smallest absolute Gasteiger partial charge is 0.239 e. The lowest BCUT2D eigenvalue weighted by molar-refractivity contribution is -0.118. The summed E-state index contributed by atoms with van der Waals surface area (Å²) in [6.45, 7) is 1.59. The van der Waals surface area contributed by atoms with Crippen molar-refractivity contribution in [3.8, 4) is 0 Å². The van der Waals surface area contributed by atoms with Crippen LogP contribution >= 0.6 is 11.6 Å². The van der Waals surface area contributed by atoms with E-state index in [0.717, 1.165) is 0 Å². The molecule has 3 N–H and O–H groups in total. The Hall–Kier alpha value is -1.29. The molecule has 5 heteroatoms. The van der Waals surface area contributed by atoms with Crippen molar-refractivity contribution in [2.24, 2.45) is 5.73 Å². The molecule has 1 atom stereocenters. The average Bonchev–Trinajstić information content (AvgIpc) is 2.11. The van der Waals surface area contributed by atoms with E-state index in [-0.39, 0.29) is 5.02 Å². The van der Waals surface area contributed by atoms with E-state index in [0.29, 0.717) is 5.69 Å². The number of hydrogen-bond acceptors (Lipinski definition) is 2. The van der Waals surface area contributed by atoms with E-state index >= 15 is 0 Å². The molecule has 0 aliphatic heterocycles. The number of nitrogens with two attached hydrogens (primary N) is 1. The summed E-state index contributed by atoms with van der Waals surface area (Å²) in [6, 6.07) is 3.65. The highest BCUT2D eigenvalue weighted by atomic mass is 35.5. The molecule has 0 saturated heterocycles. The van der Waals surface area contributed by atoms with Gasteiger partial charge in [-0.25, -0.2) is 4.39 Å². The minimum absolute atomic E-state index is 0.0438. The van der Waals surface area contributed by atoms with Crippen LogP contribution in [0.4, 0.5) is 10.1 Å². The van der Waals surface area contributed by atoms with Gasteiger partial charge in [-0.3, -0.25) is 4.79 Å². The highest BCUT2D eigenvalue weighted by molar-refractivity contribution is 6.30. The minimum Gasteiger partial charge on any atom is -0.374 e. The topological polar surface area (TPSA) is 55.1 Å². The first-order valence-corrected chi connectivity index (χ1v) is 4.39. The van der Waals surface area contributed by atoms with Gasteiger partial charge in [-0.05, 0) is 25.1 Å². The van der Waals surface area contributed by atoms with Gasteiger partial charge in [-0.2, -0.15) is 0 Å². The lowest BCUT2D eigenvalue weighted by atomic mass is 10.2. The zero-order valence-corrected chi connectivity index (χ0v) is 8.31. The Kier molecular flexibility index (Phi) is 3.30. The van der Waals surface area contributed by atoms with Gasteiger partial charge in [0, 0.05) is 5.69 Å². The van der Waals surface area contributed by atoms with Gasteiger partial charge in [0.25, 0.3) is 0 Å². The summed E-state index contributed by atoms with van der Waals surface area (Å²) in [5, 5.41) is 2.78. The fourth-order valence-electron chi connectivity index (χ4n) is 0.907. The van der Waals surface area contributed by atoms with Crippen molar-refractivity contribution >= 4 is 23.2 Å².